The Bertz CT molecular complexity index is 449. The topological polar surface area (TPSA) is 63.6 Å². The maximum absolute atomic E-state index is 11.8. The first-order valence-electron chi connectivity index (χ1n) is 15.0. The van der Waals surface area contributed by atoms with Crippen molar-refractivity contribution in [1.82, 2.24) is 0 Å². The Morgan fingerprint density at radius 2 is 0.912 bits per heavy atom. The fourth-order valence-corrected chi connectivity index (χ4v) is 4.58. The molecule has 1 N–H and O–H groups in total. The highest BCUT2D eigenvalue weighted by Crippen LogP contribution is 2.15. The molecule has 0 saturated heterocycles. The molecule has 1 atom stereocenters. The standard InChI is InChI=1S/C30H58O4/c1-3-4-5-6-7-8-9-10-11-12-13-14-15-16-17-18-19-20-21-22-23-27-30(33)34-28(2)25-24-26-29(31)32/h28H,3-27H2,1-2H3,(H,31,32). The van der Waals surface area contributed by atoms with Crippen molar-refractivity contribution in [3.8, 4) is 0 Å². The minimum atomic E-state index is -0.793. The van der Waals surface area contributed by atoms with Crippen LogP contribution in [0.2, 0.25) is 0 Å². The lowest BCUT2D eigenvalue weighted by Crippen LogP contribution is -2.15. The van der Waals surface area contributed by atoms with Gasteiger partial charge in [-0.15, -0.1) is 0 Å². The first-order valence-corrected chi connectivity index (χ1v) is 15.0. The molecule has 4 nitrogen and oxygen atoms in total. The van der Waals surface area contributed by atoms with Gasteiger partial charge in [0.25, 0.3) is 0 Å². The van der Waals surface area contributed by atoms with Gasteiger partial charge in [0.1, 0.15) is 0 Å². The van der Waals surface area contributed by atoms with Crippen LogP contribution in [0.15, 0.2) is 0 Å². The van der Waals surface area contributed by atoms with Crippen LogP contribution in [0.1, 0.15) is 174 Å². The highest BCUT2D eigenvalue weighted by Gasteiger charge is 2.10. The molecule has 0 spiro atoms. The summed E-state index contributed by atoms with van der Waals surface area (Å²) in [5.74, 6) is -0.932. The van der Waals surface area contributed by atoms with Gasteiger partial charge in [0.2, 0.25) is 0 Å². The lowest BCUT2D eigenvalue weighted by atomic mass is 10.0. The number of hydrogen-bond acceptors (Lipinski definition) is 3. The number of carboxylic acids is 1. The molecule has 0 radical (unpaired) electrons. The number of esters is 1. The molecular weight excluding hydrogens is 424 g/mol. The number of carbonyl (C=O) groups is 2. The highest BCUT2D eigenvalue weighted by atomic mass is 16.5. The van der Waals surface area contributed by atoms with E-state index in [2.05, 4.69) is 6.92 Å². The SMILES string of the molecule is CCCCCCCCCCCCCCCCCCCCCCCC(=O)OC(C)CCCC(=O)O. The van der Waals surface area contributed by atoms with Crippen LogP contribution in [-0.2, 0) is 14.3 Å². The Balaban J connectivity index is 3.20. The van der Waals surface area contributed by atoms with Crippen LogP contribution in [0.3, 0.4) is 0 Å². The summed E-state index contributed by atoms with van der Waals surface area (Å²) < 4.78 is 5.34. The van der Waals surface area contributed by atoms with Crippen LogP contribution in [0.4, 0.5) is 0 Å². The van der Waals surface area contributed by atoms with Crippen molar-refractivity contribution in [3.63, 3.8) is 0 Å². The molecule has 0 heterocycles. The number of rotatable bonds is 27. The normalized spacial score (nSPS) is 12.1. The number of carboxylic acid groups (broad SMARTS) is 1. The van der Waals surface area contributed by atoms with Gasteiger partial charge in [0, 0.05) is 12.8 Å². The van der Waals surface area contributed by atoms with Crippen LogP contribution in [-0.4, -0.2) is 23.1 Å². The van der Waals surface area contributed by atoms with E-state index in [4.69, 9.17) is 9.84 Å². The minimum absolute atomic E-state index is 0.138. The summed E-state index contributed by atoms with van der Waals surface area (Å²) in [5.41, 5.74) is 0. The molecule has 0 fully saturated rings. The fraction of sp³-hybridized carbons (Fsp3) is 0.933. The second-order valence-electron chi connectivity index (χ2n) is 10.4. The molecule has 4 heteroatoms. The van der Waals surface area contributed by atoms with Crippen molar-refractivity contribution < 1.29 is 19.4 Å². The van der Waals surface area contributed by atoms with Crippen molar-refractivity contribution in [2.75, 3.05) is 0 Å². The number of hydrogen-bond donors (Lipinski definition) is 1. The van der Waals surface area contributed by atoms with E-state index in [0.29, 0.717) is 19.3 Å². The molecule has 1 unspecified atom stereocenters. The molecule has 0 aliphatic carbocycles. The highest BCUT2D eigenvalue weighted by molar-refractivity contribution is 5.69. The summed E-state index contributed by atoms with van der Waals surface area (Å²) in [5, 5.41) is 8.64. The third-order valence-electron chi connectivity index (χ3n) is 6.82. The molecule has 0 aliphatic heterocycles. The van der Waals surface area contributed by atoms with Crippen LogP contribution in [0.25, 0.3) is 0 Å². The number of aliphatic carboxylic acids is 1. The molecule has 0 saturated carbocycles. The number of carbonyl (C=O) groups excluding carboxylic acids is 1. The number of unbranched alkanes of at least 4 members (excludes halogenated alkanes) is 20. The van der Waals surface area contributed by atoms with Gasteiger partial charge in [-0.2, -0.15) is 0 Å². The zero-order valence-electron chi connectivity index (χ0n) is 22.9. The van der Waals surface area contributed by atoms with Crippen molar-refractivity contribution in [3.05, 3.63) is 0 Å². The molecule has 0 aromatic rings. The third kappa shape index (κ3) is 27.2. The quantitative estimate of drug-likeness (QED) is 0.0934. The van der Waals surface area contributed by atoms with Gasteiger partial charge in [-0.25, -0.2) is 0 Å². The molecule has 202 valence electrons. The van der Waals surface area contributed by atoms with E-state index in [1.807, 2.05) is 6.92 Å². The Kier molecular flexibility index (Phi) is 25.7. The van der Waals surface area contributed by atoms with Crippen molar-refractivity contribution in [2.45, 2.75) is 180 Å². The van der Waals surface area contributed by atoms with Crippen molar-refractivity contribution in [2.24, 2.45) is 0 Å². The van der Waals surface area contributed by atoms with Crippen LogP contribution >= 0.6 is 0 Å². The zero-order valence-corrected chi connectivity index (χ0v) is 22.9. The third-order valence-corrected chi connectivity index (χ3v) is 6.82. The zero-order chi connectivity index (χ0) is 25.1. The lowest BCUT2D eigenvalue weighted by Gasteiger charge is -2.12. The first-order chi connectivity index (χ1) is 16.6. The lowest BCUT2D eigenvalue weighted by molar-refractivity contribution is -0.148. The molecule has 0 aliphatic rings. The van der Waals surface area contributed by atoms with Crippen LogP contribution < -0.4 is 0 Å². The van der Waals surface area contributed by atoms with E-state index >= 15 is 0 Å². The molecule has 0 aromatic carbocycles. The average Bonchev–Trinajstić information content (AvgIpc) is 2.79. The fourth-order valence-electron chi connectivity index (χ4n) is 4.58. The van der Waals surface area contributed by atoms with Gasteiger partial charge in [-0.3, -0.25) is 9.59 Å². The Hall–Kier alpha value is -1.06. The molecule has 0 amide bonds. The Morgan fingerprint density at radius 3 is 1.26 bits per heavy atom. The summed E-state index contributed by atoms with van der Waals surface area (Å²) in [6.07, 6.45) is 30.2. The summed E-state index contributed by atoms with van der Waals surface area (Å²) >= 11 is 0. The summed E-state index contributed by atoms with van der Waals surface area (Å²) in [6.45, 7) is 4.13. The molecule has 0 rings (SSSR count). The average molecular weight is 483 g/mol. The van der Waals surface area contributed by atoms with Gasteiger partial charge in [0.05, 0.1) is 6.10 Å². The smallest absolute Gasteiger partial charge is 0.306 e. The maximum Gasteiger partial charge on any atom is 0.306 e. The molecule has 34 heavy (non-hydrogen) atoms. The number of ether oxygens (including phenoxy) is 1. The Labute approximate surface area is 212 Å². The van der Waals surface area contributed by atoms with Gasteiger partial charge < -0.3 is 9.84 Å². The van der Waals surface area contributed by atoms with E-state index in [-0.39, 0.29) is 18.5 Å². The predicted molar refractivity (Wildman–Crippen MR) is 144 cm³/mol. The van der Waals surface area contributed by atoms with Gasteiger partial charge in [-0.1, -0.05) is 135 Å². The first kappa shape index (κ1) is 32.9. The summed E-state index contributed by atoms with van der Waals surface area (Å²) in [4.78, 5) is 22.3. The van der Waals surface area contributed by atoms with Crippen molar-refractivity contribution in [1.29, 1.82) is 0 Å². The molecule has 0 aromatic heterocycles. The Morgan fingerprint density at radius 1 is 0.559 bits per heavy atom. The predicted octanol–water partition coefficient (Wildman–Crippen LogP) is 9.78. The van der Waals surface area contributed by atoms with E-state index in [1.165, 1.54) is 122 Å². The van der Waals surface area contributed by atoms with Crippen LogP contribution in [0.5, 0.6) is 0 Å². The van der Waals surface area contributed by atoms with Gasteiger partial charge >= 0.3 is 11.9 Å². The maximum atomic E-state index is 11.8. The second kappa shape index (κ2) is 26.5. The van der Waals surface area contributed by atoms with E-state index in [0.717, 1.165) is 12.8 Å². The van der Waals surface area contributed by atoms with Crippen molar-refractivity contribution >= 4 is 11.9 Å². The van der Waals surface area contributed by atoms with Crippen LogP contribution in [0, 0.1) is 0 Å². The van der Waals surface area contributed by atoms with E-state index in [1.54, 1.807) is 0 Å². The summed E-state index contributed by atoms with van der Waals surface area (Å²) in [7, 11) is 0. The van der Waals surface area contributed by atoms with Gasteiger partial charge in [0.15, 0.2) is 0 Å². The largest absolute Gasteiger partial charge is 0.481 e. The second-order valence-corrected chi connectivity index (χ2v) is 10.4. The monoisotopic (exact) mass is 482 g/mol. The van der Waals surface area contributed by atoms with Gasteiger partial charge in [-0.05, 0) is 26.2 Å². The minimum Gasteiger partial charge on any atom is -0.481 e. The van der Waals surface area contributed by atoms with E-state index < -0.39 is 5.97 Å². The molecular formula is C30H58O4. The molecule has 0 bridgehead atoms. The summed E-state index contributed by atoms with van der Waals surface area (Å²) in [6, 6.07) is 0. The van der Waals surface area contributed by atoms with E-state index in [9.17, 15) is 9.59 Å².